The predicted molar refractivity (Wildman–Crippen MR) is 127 cm³/mol. The molecule has 0 spiro atoms. The maximum absolute atomic E-state index is 13.7. The topological polar surface area (TPSA) is 129 Å². The molecule has 1 saturated heterocycles. The van der Waals surface area contributed by atoms with E-state index < -0.39 is 50.4 Å². The molecular formula is C25H31O9P. The van der Waals surface area contributed by atoms with Crippen molar-refractivity contribution >= 4 is 19.5 Å². The van der Waals surface area contributed by atoms with Crippen molar-refractivity contribution in [1.82, 2.24) is 0 Å². The fourth-order valence-electron chi connectivity index (χ4n) is 3.63. The molecule has 2 aromatic carbocycles. The van der Waals surface area contributed by atoms with Crippen molar-refractivity contribution in [3.05, 3.63) is 71.8 Å². The van der Waals surface area contributed by atoms with Gasteiger partial charge in [0.2, 0.25) is 0 Å². The van der Waals surface area contributed by atoms with Crippen LogP contribution in [0.25, 0.3) is 0 Å². The van der Waals surface area contributed by atoms with Gasteiger partial charge in [0.05, 0.1) is 25.3 Å². The summed E-state index contributed by atoms with van der Waals surface area (Å²) in [6.45, 7) is 0.358. The van der Waals surface area contributed by atoms with Crippen molar-refractivity contribution in [2.45, 2.75) is 51.3 Å². The number of aliphatic carboxylic acids is 2. The van der Waals surface area contributed by atoms with E-state index in [9.17, 15) is 24.4 Å². The number of ether oxygens (including phenoxy) is 2. The van der Waals surface area contributed by atoms with Crippen LogP contribution < -0.4 is 0 Å². The second-order valence-electron chi connectivity index (χ2n) is 8.34. The molecular weight excluding hydrogens is 475 g/mol. The van der Waals surface area contributed by atoms with Crippen LogP contribution in [-0.2, 0) is 45.9 Å². The maximum atomic E-state index is 13.7. The monoisotopic (exact) mass is 506 g/mol. The van der Waals surface area contributed by atoms with Gasteiger partial charge >= 0.3 is 19.5 Å². The highest BCUT2D eigenvalue weighted by atomic mass is 31.2. The molecule has 0 saturated carbocycles. The Balaban J connectivity index is 1.73. The Morgan fingerprint density at radius 3 is 1.94 bits per heavy atom. The zero-order valence-electron chi connectivity index (χ0n) is 19.4. The first-order chi connectivity index (χ1) is 16.8. The smallest absolute Gasteiger partial charge is 0.332 e. The summed E-state index contributed by atoms with van der Waals surface area (Å²) in [6, 6.07) is 18.0. The van der Waals surface area contributed by atoms with Crippen molar-refractivity contribution in [2.75, 3.05) is 12.8 Å². The minimum atomic E-state index is -3.95. The molecule has 0 bridgehead atoms. The lowest BCUT2D eigenvalue weighted by molar-refractivity contribution is -0.203. The first kappa shape index (κ1) is 27.0. The van der Waals surface area contributed by atoms with Gasteiger partial charge in [0.25, 0.3) is 0 Å². The summed E-state index contributed by atoms with van der Waals surface area (Å²) in [5, 5.41) is 19.5. The molecule has 10 heteroatoms. The van der Waals surface area contributed by atoms with Gasteiger partial charge in [-0.1, -0.05) is 60.7 Å². The quantitative estimate of drug-likeness (QED) is 0.350. The van der Waals surface area contributed by atoms with Gasteiger partial charge in [-0.3, -0.25) is 9.36 Å². The van der Waals surface area contributed by atoms with E-state index in [0.29, 0.717) is 13.0 Å². The summed E-state index contributed by atoms with van der Waals surface area (Å²) < 4.78 is 36.0. The molecule has 0 aliphatic carbocycles. The summed E-state index contributed by atoms with van der Waals surface area (Å²) in [5.74, 6) is -3.95. The molecule has 0 aromatic heterocycles. The molecule has 2 N–H and O–H groups in total. The van der Waals surface area contributed by atoms with Crippen LogP contribution in [0.2, 0.25) is 0 Å². The molecule has 0 amide bonds. The number of carboxylic acid groups (broad SMARTS) is 2. The average molecular weight is 506 g/mol. The van der Waals surface area contributed by atoms with Gasteiger partial charge in [-0.05, 0) is 36.8 Å². The van der Waals surface area contributed by atoms with Crippen LogP contribution in [0, 0.1) is 5.92 Å². The molecule has 0 radical (unpaired) electrons. The van der Waals surface area contributed by atoms with E-state index in [1.54, 1.807) is 48.5 Å². The van der Waals surface area contributed by atoms with Gasteiger partial charge in [0.1, 0.15) is 0 Å². The van der Waals surface area contributed by atoms with Crippen molar-refractivity contribution < 1.29 is 42.9 Å². The third-order valence-corrected chi connectivity index (χ3v) is 7.50. The van der Waals surface area contributed by atoms with E-state index in [-0.39, 0.29) is 13.2 Å². The van der Waals surface area contributed by atoms with Crippen LogP contribution in [0.3, 0.4) is 0 Å². The van der Waals surface area contributed by atoms with Crippen LogP contribution in [0.4, 0.5) is 0 Å². The average Bonchev–Trinajstić information content (AvgIpc) is 2.87. The van der Waals surface area contributed by atoms with Crippen molar-refractivity contribution in [2.24, 2.45) is 5.92 Å². The molecule has 3 unspecified atom stereocenters. The molecule has 2 aromatic rings. The molecule has 1 aliphatic heterocycles. The normalized spacial score (nSPS) is 18.0. The Bertz CT molecular complexity index is 929. The van der Waals surface area contributed by atoms with Gasteiger partial charge in [-0.2, -0.15) is 0 Å². The molecule has 1 heterocycles. The van der Waals surface area contributed by atoms with E-state index in [2.05, 4.69) is 0 Å². The van der Waals surface area contributed by atoms with Crippen molar-refractivity contribution in [3.63, 3.8) is 0 Å². The van der Waals surface area contributed by atoms with E-state index in [0.717, 1.165) is 24.0 Å². The predicted octanol–water partition coefficient (Wildman–Crippen LogP) is 4.70. The van der Waals surface area contributed by atoms with E-state index in [1.807, 2.05) is 12.1 Å². The largest absolute Gasteiger partial charge is 0.481 e. The molecule has 1 aliphatic rings. The molecule has 9 nitrogen and oxygen atoms in total. The third-order valence-electron chi connectivity index (χ3n) is 5.56. The number of hydrogen-bond donors (Lipinski definition) is 2. The van der Waals surface area contributed by atoms with E-state index in [1.165, 1.54) is 0 Å². The van der Waals surface area contributed by atoms with Crippen molar-refractivity contribution in [3.8, 4) is 0 Å². The minimum Gasteiger partial charge on any atom is -0.481 e. The highest BCUT2D eigenvalue weighted by molar-refractivity contribution is 7.53. The lowest BCUT2D eigenvalue weighted by Crippen LogP contribution is -2.36. The molecule has 1 fully saturated rings. The summed E-state index contributed by atoms with van der Waals surface area (Å²) >= 11 is 0. The zero-order chi connectivity index (χ0) is 25.1. The Morgan fingerprint density at radius 1 is 0.914 bits per heavy atom. The van der Waals surface area contributed by atoms with E-state index in [4.69, 9.17) is 18.5 Å². The molecule has 3 atom stereocenters. The Labute approximate surface area is 204 Å². The van der Waals surface area contributed by atoms with Crippen LogP contribution in [-0.4, -0.2) is 47.3 Å². The third kappa shape index (κ3) is 9.20. The number of benzene rings is 2. The number of carboxylic acids is 2. The summed E-state index contributed by atoms with van der Waals surface area (Å²) in [4.78, 5) is 23.9. The fourth-order valence-corrected chi connectivity index (χ4v) is 5.46. The second-order valence-corrected chi connectivity index (χ2v) is 10.4. The minimum absolute atomic E-state index is 0.0476. The Morgan fingerprint density at radius 2 is 1.49 bits per heavy atom. The van der Waals surface area contributed by atoms with Gasteiger partial charge in [-0.15, -0.1) is 0 Å². The first-order valence-electron chi connectivity index (χ1n) is 11.5. The number of hydrogen-bond acceptors (Lipinski definition) is 7. The van der Waals surface area contributed by atoms with Gasteiger partial charge in [0.15, 0.2) is 12.4 Å². The van der Waals surface area contributed by atoms with Crippen LogP contribution in [0.1, 0.15) is 36.8 Å². The number of carbonyl (C=O) groups is 2. The van der Waals surface area contributed by atoms with Gasteiger partial charge in [-0.25, -0.2) is 4.79 Å². The molecule has 3 rings (SSSR count). The molecule has 190 valence electrons. The maximum Gasteiger partial charge on any atom is 0.332 e. The van der Waals surface area contributed by atoms with Crippen molar-refractivity contribution in [1.29, 1.82) is 0 Å². The van der Waals surface area contributed by atoms with Crippen LogP contribution in [0.5, 0.6) is 0 Å². The summed E-state index contributed by atoms with van der Waals surface area (Å²) in [6.07, 6.45) is -0.838. The van der Waals surface area contributed by atoms with E-state index >= 15 is 0 Å². The zero-order valence-corrected chi connectivity index (χ0v) is 20.3. The van der Waals surface area contributed by atoms with Crippen LogP contribution >= 0.6 is 7.60 Å². The Kier molecular flexibility index (Phi) is 10.4. The standard InChI is InChI=1S/C25H31O9P/c26-24(27)21(15-22(25(28)29)34-23-13-7-8-14-31-23)18-35(30,32-16-19-9-3-1-4-10-19)33-17-20-11-5-2-6-12-20/h1-6,9-12,21-23H,7-8,13-18H2,(H,26,27)(H,28,29). The highest BCUT2D eigenvalue weighted by Crippen LogP contribution is 2.52. The van der Waals surface area contributed by atoms with Crippen LogP contribution in [0.15, 0.2) is 60.7 Å². The fraction of sp³-hybridized carbons (Fsp3) is 0.440. The Hall–Kier alpha value is -2.55. The summed E-state index contributed by atoms with van der Waals surface area (Å²) in [7, 11) is -3.95. The van der Waals surface area contributed by atoms with Gasteiger partial charge < -0.3 is 28.7 Å². The SMILES string of the molecule is O=C(O)C(CC(OC1CCCCO1)C(=O)O)CP(=O)(OCc1ccccc1)OCc1ccccc1. The van der Waals surface area contributed by atoms with Gasteiger partial charge in [0, 0.05) is 6.61 Å². The second kappa shape index (κ2) is 13.5. The highest BCUT2D eigenvalue weighted by Gasteiger charge is 2.37. The first-order valence-corrected chi connectivity index (χ1v) is 13.3. The lowest BCUT2D eigenvalue weighted by atomic mass is 10.0. The number of rotatable bonds is 14. The summed E-state index contributed by atoms with van der Waals surface area (Å²) in [5.41, 5.74) is 1.48. The lowest BCUT2D eigenvalue weighted by Gasteiger charge is -2.28. The molecule has 35 heavy (non-hydrogen) atoms.